The van der Waals surface area contributed by atoms with Gasteiger partial charge in [0.1, 0.15) is 0 Å². The molecule has 0 bridgehead atoms. The molecule has 1 unspecified atom stereocenters. The number of anilines is 1. The summed E-state index contributed by atoms with van der Waals surface area (Å²) in [6.07, 6.45) is 6.84. The molecule has 156 valence electrons. The van der Waals surface area contributed by atoms with Gasteiger partial charge in [-0.15, -0.1) is 0 Å². The van der Waals surface area contributed by atoms with Crippen LogP contribution in [0.1, 0.15) is 24.8 Å². The van der Waals surface area contributed by atoms with Gasteiger partial charge in [0.05, 0.1) is 37.7 Å². The molecule has 1 aromatic heterocycles. The third-order valence-electron chi connectivity index (χ3n) is 5.79. The van der Waals surface area contributed by atoms with Crippen LogP contribution in [-0.2, 0) is 22.6 Å². The number of ether oxygens (including phenoxy) is 1. The Hall–Kier alpha value is -2.22. The van der Waals surface area contributed by atoms with Crippen molar-refractivity contribution in [1.29, 1.82) is 0 Å². The highest BCUT2D eigenvalue weighted by Crippen LogP contribution is 2.21. The maximum absolute atomic E-state index is 13.0. The summed E-state index contributed by atoms with van der Waals surface area (Å²) in [5, 5.41) is 7.50. The van der Waals surface area contributed by atoms with E-state index in [-0.39, 0.29) is 11.9 Å². The molecule has 0 aliphatic carbocycles. The van der Waals surface area contributed by atoms with Gasteiger partial charge in [-0.25, -0.2) is 0 Å². The van der Waals surface area contributed by atoms with Crippen LogP contribution in [0.4, 0.5) is 5.69 Å². The number of carbonyl (C=O) groups is 1. The smallest absolute Gasteiger partial charge is 0.241 e. The number of hydrogen-bond donors (Lipinski definition) is 1. The summed E-state index contributed by atoms with van der Waals surface area (Å²) in [5.41, 5.74) is 2.03. The van der Waals surface area contributed by atoms with Crippen LogP contribution in [0.3, 0.4) is 0 Å². The lowest BCUT2D eigenvalue weighted by Crippen LogP contribution is -2.46. The first-order valence-corrected chi connectivity index (χ1v) is 10.7. The zero-order chi connectivity index (χ0) is 19.9. The Kier molecular flexibility index (Phi) is 6.92. The molecule has 0 radical (unpaired) electrons. The second kappa shape index (κ2) is 10.0. The maximum atomic E-state index is 13.0. The molecule has 7 heteroatoms. The first-order chi connectivity index (χ1) is 14.3. The second-order valence-electron chi connectivity index (χ2n) is 7.90. The van der Waals surface area contributed by atoms with Gasteiger partial charge in [0, 0.05) is 32.4 Å². The van der Waals surface area contributed by atoms with E-state index in [9.17, 15) is 4.79 Å². The molecule has 2 aliphatic rings. The van der Waals surface area contributed by atoms with Crippen molar-refractivity contribution in [3.05, 3.63) is 48.3 Å². The van der Waals surface area contributed by atoms with Gasteiger partial charge in [-0.2, -0.15) is 5.10 Å². The van der Waals surface area contributed by atoms with Gasteiger partial charge in [0.2, 0.25) is 5.91 Å². The molecule has 1 N–H and O–H groups in total. The number of carbonyl (C=O) groups excluding carboxylic acids is 1. The molecule has 0 saturated carbocycles. The van der Waals surface area contributed by atoms with Gasteiger partial charge in [0.15, 0.2) is 0 Å². The second-order valence-corrected chi connectivity index (χ2v) is 7.90. The van der Waals surface area contributed by atoms with Crippen molar-refractivity contribution in [3.8, 4) is 0 Å². The Morgan fingerprint density at radius 3 is 2.76 bits per heavy atom. The van der Waals surface area contributed by atoms with Crippen molar-refractivity contribution in [2.75, 3.05) is 44.7 Å². The quantitative estimate of drug-likeness (QED) is 0.776. The average Bonchev–Trinajstić information content (AvgIpc) is 3.21. The van der Waals surface area contributed by atoms with Crippen LogP contribution in [0, 0.1) is 0 Å². The van der Waals surface area contributed by atoms with Crippen molar-refractivity contribution >= 4 is 11.6 Å². The van der Waals surface area contributed by atoms with E-state index in [4.69, 9.17) is 4.74 Å². The fourth-order valence-corrected chi connectivity index (χ4v) is 4.14. The number of piperidine rings is 1. The molecule has 1 aromatic carbocycles. The number of morpholine rings is 1. The van der Waals surface area contributed by atoms with Gasteiger partial charge >= 0.3 is 0 Å². The first kappa shape index (κ1) is 20.1. The van der Waals surface area contributed by atoms with Crippen LogP contribution in [-0.4, -0.2) is 70.9 Å². The van der Waals surface area contributed by atoms with Crippen molar-refractivity contribution in [2.45, 2.75) is 38.4 Å². The highest BCUT2D eigenvalue weighted by molar-refractivity contribution is 5.94. The van der Waals surface area contributed by atoms with E-state index < -0.39 is 0 Å². The number of nitrogens with zero attached hydrogens (tertiary/aromatic N) is 4. The average molecular weight is 398 g/mol. The van der Waals surface area contributed by atoms with Crippen molar-refractivity contribution < 1.29 is 9.53 Å². The summed E-state index contributed by atoms with van der Waals surface area (Å²) < 4.78 is 7.30. The molecule has 1 atom stereocenters. The Labute approximate surface area is 172 Å². The lowest BCUT2D eigenvalue weighted by atomic mass is 10.0. The van der Waals surface area contributed by atoms with E-state index >= 15 is 0 Å². The number of benzene rings is 1. The molecule has 2 fully saturated rings. The summed E-state index contributed by atoms with van der Waals surface area (Å²) in [5.74, 6) is 0.0772. The number of likely N-dealkylation sites (tertiary alicyclic amines) is 1. The molecule has 2 aliphatic heterocycles. The standard InChI is InChI=1S/C22H31N5O2/c28-22(21-8-4-5-9-26(21)17-19-6-2-1-3-7-19)24-20-16-23-27(18-20)11-10-25-12-14-29-15-13-25/h1-3,6-7,16,18,21H,4-5,8-15,17H2,(H,24,28). The fourth-order valence-electron chi connectivity index (χ4n) is 4.14. The Bertz CT molecular complexity index is 773. The van der Waals surface area contributed by atoms with Gasteiger partial charge in [-0.1, -0.05) is 36.8 Å². The van der Waals surface area contributed by atoms with Crippen LogP contribution in [0.25, 0.3) is 0 Å². The van der Waals surface area contributed by atoms with Crippen molar-refractivity contribution in [2.24, 2.45) is 0 Å². The van der Waals surface area contributed by atoms with Gasteiger partial charge in [-0.05, 0) is 24.9 Å². The topological polar surface area (TPSA) is 62.6 Å². The van der Waals surface area contributed by atoms with Crippen LogP contribution in [0.15, 0.2) is 42.7 Å². The summed E-state index contributed by atoms with van der Waals surface area (Å²) >= 11 is 0. The van der Waals surface area contributed by atoms with E-state index in [1.54, 1.807) is 6.20 Å². The van der Waals surface area contributed by atoms with E-state index in [0.29, 0.717) is 0 Å². The predicted molar refractivity (Wildman–Crippen MR) is 113 cm³/mol. The summed E-state index contributed by atoms with van der Waals surface area (Å²) in [7, 11) is 0. The van der Waals surface area contributed by atoms with Gasteiger partial charge < -0.3 is 10.1 Å². The molecule has 1 amide bonds. The van der Waals surface area contributed by atoms with Gasteiger partial charge in [0.25, 0.3) is 0 Å². The van der Waals surface area contributed by atoms with Crippen LogP contribution in [0.5, 0.6) is 0 Å². The first-order valence-electron chi connectivity index (χ1n) is 10.7. The minimum Gasteiger partial charge on any atom is -0.379 e. The number of rotatable bonds is 7. The molecular weight excluding hydrogens is 366 g/mol. The number of nitrogens with one attached hydrogen (secondary N) is 1. The molecular formula is C22H31N5O2. The van der Waals surface area contributed by atoms with E-state index in [2.05, 4.69) is 44.5 Å². The molecule has 0 spiro atoms. The van der Waals surface area contributed by atoms with Gasteiger partial charge in [-0.3, -0.25) is 19.3 Å². The molecule has 29 heavy (non-hydrogen) atoms. The molecule has 2 aromatic rings. The number of amides is 1. The molecule has 2 saturated heterocycles. The van der Waals surface area contributed by atoms with Crippen molar-refractivity contribution in [1.82, 2.24) is 19.6 Å². The zero-order valence-electron chi connectivity index (χ0n) is 17.0. The summed E-state index contributed by atoms with van der Waals surface area (Å²) in [4.78, 5) is 17.7. The summed E-state index contributed by atoms with van der Waals surface area (Å²) in [6, 6.07) is 10.3. The van der Waals surface area contributed by atoms with Crippen LogP contribution < -0.4 is 5.32 Å². The number of aromatic nitrogens is 2. The summed E-state index contributed by atoms with van der Waals surface area (Å²) in [6.45, 7) is 7.12. The Balaban J connectivity index is 1.31. The Morgan fingerprint density at radius 2 is 1.93 bits per heavy atom. The maximum Gasteiger partial charge on any atom is 0.241 e. The largest absolute Gasteiger partial charge is 0.379 e. The predicted octanol–water partition coefficient (Wildman–Crippen LogP) is 2.21. The highest BCUT2D eigenvalue weighted by Gasteiger charge is 2.28. The lowest BCUT2D eigenvalue weighted by Gasteiger charge is -2.34. The van der Waals surface area contributed by atoms with Crippen LogP contribution >= 0.6 is 0 Å². The highest BCUT2D eigenvalue weighted by atomic mass is 16.5. The molecule has 3 heterocycles. The minimum atomic E-state index is -0.0827. The third kappa shape index (κ3) is 5.65. The SMILES string of the molecule is O=C(Nc1cnn(CCN2CCOCC2)c1)C1CCCCN1Cc1ccccc1. The normalized spacial score (nSPS) is 21.2. The Morgan fingerprint density at radius 1 is 1.10 bits per heavy atom. The van der Waals surface area contributed by atoms with Crippen LogP contribution in [0.2, 0.25) is 0 Å². The minimum absolute atomic E-state index is 0.0772. The number of hydrogen-bond acceptors (Lipinski definition) is 5. The molecule has 7 nitrogen and oxygen atoms in total. The molecule has 4 rings (SSSR count). The van der Waals surface area contributed by atoms with E-state index in [1.165, 1.54) is 5.56 Å². The van der Waals surface area contributed by atoms with E-state index in [0.717, 1.165) is 77.4 Å². The van der Waals surface area contributed by atoms with Crippen molar-refractivity contribution in [3.63, 3.8) is 0 Å². The van der Waals surface area contributed by atoms with E-state index in [1.807, 2.05) is 16.9 Å². The fraction of sp³-hybridized carbons (Fsp3) is 0.545. The zero-order valence-corrected chi connectivity index (χ0v) is 17.0. The monoisotopic (exact) mass is 397 g/mol. The lowest BCUT2D eigenvalue weighted by molar-refractivity contribution is -0.122. The third-order valence-corrected chi connectivity index (χ3v) is 5.79.